The first-order valence-corrected chi connectivity index (χ1v) is 5.96. The summed E-state index contributed by atoms with van der Waals surface area (Å²) < 4.78 is 0. The molecule has 1 unspecified atom stereocenters. The van der Waals surface area contributed by atoms with Gasteiger partial charge in [0.25, 0.3) is 0 Å². The number of nitrogens with zero attached hydrogens (tertiary/aromatic N) is 2. The van der Waals surface area contributed by atoms with Crippen molar-refractivity contribution in [2.75, 3.05) is 6.54 Å². The van der Waals surface area contributed by atoms with Gasteiger partial charge in [-0.05, 0) is 31.5 Å². The summed E-state index contributed by atoms with van der Waals surface area (Å²) in [5.74, 6) is 1.45. The number of aromatic amines is 1. The minimum Gasteiger partial charge on any atom is -0.342 e. The Hall–Kier alpha value is -1.68. The van der Waals surface area contributed by atoms with E-state index in [0.717, 1.165) is 36.5 Å². The number of H-pyrrole nitrogens is 1. The molecule has 4 nitrogen and oxygen atoms in total. The SMILES string of the molecule is CC(CCCN)c1ncc(-c2cccnc2)[nH]1. The molecule has 2 heterocycles. The van der Waals surface area contributed by atoms with Crippen LogP contribution in [0, 0.1) is 0 Å². The molecule has 0 aliphatic rings. The Bertz CT molecular complexity index is 449. The highest BCUT2D eigenvalue weighted by Gasteiger charge is 2.10. The highest BCUT2D eigenvalue weighted by Crippen LogP contribution is 2.21. The summed E-state index contributed by atoms with van der Waals surface area (Å²) in [4.78, 5) is 11.9. The number of hydrogen-bond acceptors (Lipinski definition) is 3. The molecule has 4 heteroatoms. The van der Waals surface area contributed by atoms with Crippen molar-refractivity contribution in [3.05, 3.63) is 36.5 Å². The number of aromatic nitrogens is 3. The summed E-state index contributed by atoms with van der Waals surface area (Å²) >= 11 is 0. The third kappa shape index (κ3) is 2.91. The number of pyridine rings is 1. The van der Waals surface area contributed by atoms with Crippen molar-refractivity contribution in [3.8, 4) is 11.3 Å². The van der Waals surface area contributed by atoms with Crippen molar-refractivity contribution < 1.29 is 0 Å². The lowest BCUT2D eigenvalue weighted by Gasteiger charge is -2.06. The van der Waals surface area contributed by atoms with E-state index in [1.54, 1.807) is 6.20 Å². The molecule has 0 fully saturated rings. The molecule has 90 valence electrons. The first-order chi connectivity index (χ1) is 8.31. The zero-order chi connectivity index (χ0) is 12.1. The van der Waals surface area contributed by atoms with Gasteiger partial charge in [-0.1, -0.05) is 6.92 Å². The molecule has 0 spiro atoms. The zero-order valence-electron chi connectivity index (χ0n) is 10.1. The number of nitrogens with one attached hydrogen (secondary N) is 1. The fraction of sp³-hybridized carbons (Fsp3) is 0.385. The Morgan fingerprint density at radius 3 is 3.00 bits per heavy atom. The number of hydrogen-bond donors (Lipinski definition) is 2. The van der Waals surface area contributed by atoms with Gasteiger partial charge in [0.2, 0.25) is 0 Å². The van der Waals surface area contributed by atoms with E-state index in [9.17, 15) is 0 Å². The first kappa shape index (κ1) is 11.8. The maximum Gasteiger partial charge on any atom is 0.109 e. The van der Waals surface area contributed by atoms with Gasteiger partial charge in [0, 0.05) is 23.9 Å². The summed E-state index contributed by atoms with van der Waals surface area (Å²) in [6.07, 6.45) is 7.57. The van der Waals surface area contributed by atoms with Crippen LogP contribution in [-0.4, -0.2) is 21.5 Å². The average Bonchev–Trinajstić information content (AvgIpc) is 2.86. The molecular formula is C13H18N4. The van der Waals surface area contributed by atoms with Gasteiger partial charge in [-0.3, -0.25) is 4.98 Å². The second-order valence-electron chi connectivity index (χ2n) is 4.26. The molecule has 0 saturated carbocycles. The molecule has 0 bridgehead atoms. The molecule has 0 aliphatic heterocycles. The Morgan fingerprint density at radius 2 is 2.29 bits per heavy atom. The van der Waals surface area contributed by atoms with Crippen LogP contribution in [0.25, 0.3) is 11.3 Å². The maximum atomic E-state index is 5.51. The lowest BCUT2D eigenvalue weighted by molar-refractivity contribution is 0.615. The van der Waals surface area contributed by atoms with Crippen LogP contribution in [0.1, 0.15) is 31.5 Å². The molecule has 0 aliphatic carbocycles. The molecular weight excluding hydrogens is 212 g/mol. The van der Waals surface area contributed by atoms with Crippen molar-refractivity contribution in [2.45, 2.75) is 25.7 Å². The van der Waals surface area contributed by atoms with Crippen molar-refractivity contribution in [1.29, 1.82) is 0 Å². The number of rotatable bonds is 5. The van der Waals surface area contributed by atoms with E-state index < -0.39 is 0 Å². The Morgan fingerprint density at radius 1 is 1.41 bits per heavy atom. The highest BCUT2D eigenvalue weighted by atomic mass is 14.9. The molecule has 0 saturated heterocycles. The maximum absolute atomic E-state index is 5.51. The van der Waals surface area contributed by atoms with E-state index in [4.69, 9.17) is 5.73 Å². The summed E-state index contributed by atoms with van der Waals surface area (Å²) in [5, 5.41) is 0. The van der Waals surface area contributed by atoms with E-state index in [0.29, 0.717) is 5.92 Å². The average molecular weight is 230 g/mol. The van der Waals surface area contributed by atoms with Crippen molar-refractivity contribution >= 4 is 0 Å². The van der Waals surface area contributed by atoms with Crippen molar-refractivity contribution in [1.82, 2.24) is 15.0 Å². The molecule has 2 rings (SSSR count). The minimum absolute atomic E-state index is 0.420. The summed E-state index contributed by atoms with van der Waals surface area (Å²) in [6, 6.07) is 3.95. The molecule has 2 aromatic rings. The molecule has 0 radical (unpaired) electrons. The van der Waals surface area contributed by atoms with Gasteiger partial charge in [0.05, 0.1) is 11.9 Å². The van der Waals surface area contributed by atoms with Crippen LogP contribution in [0.15, 0.2) is 30.7 Å². The van der Waals surface area contributed by atoms with Crippen LogP contribution < -0.4 is 5.73 Å². The fourth-order valence-electron chi connectivity index (χ4n) is 1.82. The summed E-state index contributed by atoms with van der Waals surface area (Å²) in [7, 11) is 0. The second kappa shape index (κ2) is 5.59. The minimum atomic E-state index is 0.420. The third-order valence-corrected chi connectivity index (χ3v) is 2.88. The smallest absolute Gasteiger partial charge is 0.109 e. The molecule has 1 atom stereocenters. The van der Waals surface area contributed by atoms with Crippen LogP contribution >= 0.6 is 0 Å². The van der Waals surface area contributed by atoms with Crippen LogP contribution in [0.4, 0.5) is 0 Å². The van der Waals surface area contributed by atoms with Gasteiger partial charge in [-0.15, -0.1) is 0 Å². The second-order valence-corrected chi connectivity index (χ2v) is 4.26. The Balaban J connectivity index is 2.11. The van der Waals surface area contributed by atoms with Crippen LogP contribution in [0.3, 0.4) is 0 Å². The van der Waals surface area contributed by atoms with Crippen LogP contribution in [0.5, 0.6) is 0 Å². The standard InChI is InChI=1S/C13H18N4/c1-10(4-2-6-14)13-16-9-12(17-13)11-5-3-7-15-8-11/h3,5,7-10H,2,4,6,14H2,1H3,(H,16,17). The van der Waals surface area contributed by atoms with E-state index in [2.05, 4.69) is 21.9 Å². The van der Waals surface area contributed by atoms with Crippen LogP contribution in [-0.2, 0) is 0 Å². The molecule has 0 amide bonds. The highest BCUT2D eigenvalue weighted by molar-refractivity contribution is 5.56. The number of imidazole rings is 1. The number of nitrogens with two attached hydrogens (primary N) is 1. The van der Waals surface area contributed by atoms with Gasteiger partial charge in [-0.2, -0.15) is 0 Å². The summed E-state index contributed by atoms with van der Waals surface area (Å²) in [6.45, 7) is 2.90. The van der Waals surface area contributed by atoms with E-state index >= 15 is 0 Å². The Kier molecular flexibility index (Phi) is 3.88. The predicted octanol–water partition coefficient (Wildman–Crippen LogP) is 2.31. The van der Waals surface area contributed by atoms with Gasteiger partial charge in [0.15, 0.2) is 0 Å². The first-order valence-electron chi connectivity index (χ1n) is 5.96. The van der Waals surface area contributed by atoms with E-state index in [1.807, 2.05) is 24.5 Å². The van der Waals surface area contributed by atoms with Crippen molar-refractivity contribution in [3.63, 3.8) is 0 Å². The third-order valence-electron chi connectivity index (χ3n) is 2.88. The predicted molar refractivity (Wildman–Crippen MR) is 68.5 cm³/mol. The summed E-state index contributed by atoms with van der Waals surface area (Å²) in [5.41, 5.74) is 7.60. The topological polar surface area (TPSA) is 67.6 Å². The normalized spacial score (nSPS) is 12.6. The largest absolute Gasteiger partial charge is 0.342 e. The quantitative estimate of drug-likeness (QED) is 0.828. The molecule has 3 N–H and O–H groups in total. The zero-order valence-corrected chi connectivity index (χ0v) is 10.1. The fourth-order valence-corrected chi connectivity index (χ4v) is 1.82. The lowest BCUT2D eigenvalue weighted by atomic mass is 10.1. The monoisotopic (exact) mass is 230 g/mol. The lowest BCUT2D eigenvalue weighted by Crippen LogP contribution is -2.03. The Labute approximate surface area is 101 Å². The van der Waals surface area contributed by atoms with E-state index in [-0.39, 0.29) is 0 Å². The molecule has 2 aromatic heterocycles. The molecule has 17 heavy (non-hydrogen) atoms. The van der Waals surface area contributed by atoms with Gasteiger partial charge >= 0.3 is 0 Å². The van der Waals surface area contributed by atoms with Gasteiger partial charge < -0.3 is 10.7 Å². The molecule has 0 aromatic carbocycles. The van der Waals surface area contributed by atoms with Crippen LogP contribution in [0.2, 0.25) is 0 Å². The van der Waals surface area contributed by atoms with E-state index in [1.165, 1.54) is 0 Å². The van der Waals surface area contributed by atoms with Gasteiger partial charge in [0.1, 0.15) is 5.82 Å². The van der Waals surface area contributed by atoms with Gasteiger partial charge in [-0.25, -0.2) is 4.98 Å². The van der Waals surface area contributed by atoms with Crippen molar-refractivity contribution in [2.24, 2.45) is 5.73 Å².